The number of carboxylic acid groups (broad SMARTS) is 1. The molecule has 1 saturated carbocycles. The zero-order valence-electron chi connectivity index (χ0n) is 10.4. The molecule has 4 nitrogen and oxygen atoms in total. The number of carbonyl (C=O) groups is 1. The molecule has 19 heavy (non-hydrogen) atoms. The molecule has 2 aromatic heterocycles. The van der Waals surface area contributed by atoms with Crippen molar-refractivity contribution in [3.63, 3.8) is 0 Å². The van der Waals surface area contributed by atoms with Gasteiger partial charge in [0.15, 0.2) is 0 Å². The lowest BCUT2D eigenvalue weighted by molar-refractivity contribution is -0.142. The molecule has 1 fully saturated rings. The Balaban J connectivity index is 1.88. The molecule has 1 aliphatic rings. The number of nitrogens with zero attached hydrogens (tertiary/aromatic N) is 2. The summed E-state index contributed by atoms with van der Waals surface area (Å²) in [4.78, 5) is 15.6. The van der Waals surface area contributed by atoms with Crippen molar-refractivity contribution in [3.8, 4) is 0 Å². The summed E-state index contributed by atoms with van der Waals surface area (Å²) in [6, 6.07) is 6.02. The molecule has 0 spiro atoms. The highest BCUT2D eigenvalue weighted by Gasteiger charge is 2.29. The number of pyridine rings is 1. The third kappa shape index (κ3) is 2.27. The number of fused-ring (bicyclic) bond motifs is 1. The van der Waals surface area contributed by atoms with Gasteiger partial charge in [0.1, 0.15) is 10.4 Å². The summed E-state index contributed by atoms with van der Waals surface area (Å²) in [6.07, 6.45) is 5.32. The van der Waals surface area contributed by atoms with Gasteiger partial charge in [-0.2, -0.15) is 0 Å². The van der Waals surface area contributed by atoms with E-state index in [4.69, 9.17) is 5.11 Å². The lowest BCUT2D eigenvalue weighted by Crippen LogP contribution is -2.21. The Morgan fingerprint density at radius 2 is 2.05 bits per heavy atom. The maximum Gasteiger partial charge on any atom is 0.306 e. The Morgan fingerprint density at radius 3 is 2.74 bits per heavy atom. The molecule has 0 radical (unpaired) electrons. The van der Waals surface area contributed by atoms with Gasteiger partial charge in [0.05, 0.1) is 11.4 Å². The average molecular weight is 323 g/mol. The van der Waals surface area contributed by atoms with Crippen molar-refractivity contribution >= 4 is 27.4 Å². The molecular formula is C14H15BrN2O2. The van der Waals surface area contributed by atoms with Crippen LogP contribution in [-0.4, -0.2) is 20.5 Å². The molecule has 0 unspecified atom stereocenters. The van der Waals surface area contributed by atoms with Gasteiger partial charge >= 0.3 is 5.97 Å². The Kier molecular flexibility index (Phi) is 3.31. The van der Waals surface area contributed by atoms with Gasteiger partial charge in [-0.05, 0) is 53.7 Å². The van der Waals surface area contributed by atoms with Crippen molar-refractivity contribution < 1.29 is 9.90 Å². The van der Waals surface area contributed by atoms with Gasteiger partial charge < -0.3 is 9.51 Å². The molecule has 0 amide bonds. The van der Waals surface area contributed by atoms with Gasteiger partial charge in [0.25, 0.3) is 0 Å². The minimum atomic E-state index is -0.660. The molecule has 3 rings (SSSR count). The van der Waals surface area contributed by atoms with E-state index in [1.54, 1.807) is 0 Å². The van der Waals surface area contributed by atoms with Crippen LogP contribution in [-0.2, 0) is 4.79 Å². The number of rotatable bonds is 2. The summed E-state index contributed by atoms with van der Waals surface area (Å²) in [7, 11) is 0. The standard InChI is InChI=1S/C14H15BrN2O2/c15-12-11-3-1-2-8-17(11)13(16-12)9-4-6-10(7-5-9)14(18)19/h1-3,8-10H,4-7H2,(H,18,19). The third-order valence-corrected chi connectivity index (χ3v) is 4.56. The molecule has 2 aromatic rings. The average Bonchev–Trinajstić information content (AvgIpc) is 2.77. The van der Waals surface area contributed by atoms with Crippen LogP contribution in [0.4, 0.5) is 0 Å². The van der Waals surface area contributed by atoms with Gasteiger partial charge in [-0.15, -0.1) is 0 Å². The van der Waals surface area contributed by atoms with Crippen LogP contribution in [0.15, 0.2) is 29.0 Å². The highest BCUT2D eigenvalue weighted by molar-refractivity contribution is 9.10. The van der Waals surface area contributed by atoms with E-state index in [1.165, 1.54) is 0 Å². The number of hydrogen-bond donors (Lipinski definition) is 1. The van der Waals surface area contributed by atoms with E-state index in [1.807, 2.05) is 24.4 Å². The second-order valence-electron chi connectivity index (χ2n) is 5.10. The van der Waals surface area contributed by atoms with E-state index in [0.29, 0.717) is 5.92 Å². The molecule has 0 aliphatic heterocycles. The van der Waals surface area contributed by atoms with Crippen molar-refractivity contribution in [2.45, 2.75) is 31.6 Å². The van der Waals surface area contributed by atoms with Crippen LogP contribution in [0.2, 0.25) is 0 Å². The first kappa shape index (κ1) is 12.7. The number of aromatic nitrogens is 2. The Labute approximate surface area is 119 Å². The smallest absolute Gasteiger partial charge is 0.306 e. The molecule has 0 saturated heterocycles. The molecule has 5 heteroatoms. The third-order valence-electron chi connectivity index (χ3n) is 3.97. The fourth-order valence-corrected chi connectivity index (χ4v) is 3.41. The van der Waals surface area contributed by atoms with Crippen molar-refractivity contribution in [3.05, 3.63) is 34.8 Å². The molecule has 1 N–H and O–H groups in total. The lowest BCUT2D eigenvalue weighted by atomic mass is 9.81. The van der Waals surface area contributed by atoms with Crippen LogP contribution in [0.25, 0.3) is 5.52 Å². The summed E-state index contributed by atoms with van der Waals surface area (Å²) >= 11 is 3.49. The predicted molar refractivity (Wildman–Crippen MR) is 75.2 cm³/mol. The van der Waals surface area contributed by atoms with E-state index in [9.17, 15) is 4.79 Å². The zero-order chi connectivity index (χ0) is 13.4. The monoisotopic (exact) mass is 322 g/mol. The minimum Gasteiger partial charge on any atom is -0.481 e. The molecule has 1 aliphatic carbocycles. The van der Waals surface area contributed by atoms with Crippen LogP contribution in [0, 0.1) is 5.92 Å². The van der Waals surface area contributed by atoms with Gasteiger partial charge in [0, 0.05) is 12.1 Å². The van der Waals surface area contributed by atoms with E-state index in [-0.39, 0.29) is 5.92 Å². The van der Waals surface area contributed by atoms with Crippen molar-refractivity contribution in [1.82, 2.24) is 9.38 Å². The second kappa shape index (κ2) is 4.96. The van der Waals surface area contributed by atoms with Crippen LogP contribution in [0.3, 0.4) is 0 Å². The topological polar surface area (TPSA) is 54.6 Å². The molecular weight excluding hydrogens is 308 g/mol. The van der Waals surface area contributed by atoms with Gasteiger partial charge in [0.2, 0.25) is 0 Å². The molecule has 100 valence electrons. The highest BCUT2D eigenvalue weighted by Crippen LogP contribution is 2.36. The maximum absolute atomic E-state index is 11.0. The first-order valence-electron chi connectivity index (χ1n) is 6.52. The fraction of sp³-hybridized carbons (Fsp3) is 0.429. The van der Waals surface area contributed by atoms with Crippen molar-refractivity contribution in [2.75, 3.05) is 0 Å². The number of hydrogen-bond acceptors (Lipinski definition) is 2. The van der Waals surface area contributed by atoms with Crippen LogP contribution < -0.4 is 0 Å². The van der Waals surface area contributed by atoms with E-state index in [0.717, 1.165) is 41.6 Å². The Morgan fingerprint density at radius 1 is 1.32 bits per heavy atom. The summed E-state index contributed by atoms with van der Waals surface area (Å²) in [5.74, 6) is 0.571. The first-order chi connectivity index (χ1) is 9.16. The van der Waals surface area contributed by atoms with Crippen molar-refractivity contribution in [2.24, 2.45) is 5.92 Å². The molecule has 2 heterocycles. The SMILES string of the molecule is O=C(O)C1CCC(c2nc(Br)c3ccccn23)CC1. The molecule has 0 aromatic carbocycles. The second-order valence-corrected chi connectivity index (χ2v) is 5.85. The van der Waals surface area contributed by atoms with E-state index < -0.39 is 5.97 Å². The highest BCUT2D eigenvalue weighted by atomic mass is 79.9. The maximum atomic E-state index is 11.0. The fourth-order valence-electron chi connectivity index (χ4n) is 2.91. The Bertz CT molecular complexity index is 615. The van der Waals surface area contributed by atoms with Gasteiger partial charge in [-0.3, -0.25) is 4.79 Å². The summed E-state index contributed by atoms with van der Waals surface area (Å²) in [5.41, 5.74) is 1.07. The normalized spacial score (nSPS) is 23.6. The lowest BCUT2D eigenvalue weighted by Gasteiger charge is -2.25. The zero-order valence-corrected chi connectivity index (χ0v) is 12.0. The summed E-state index contributed by atoms with van der Waals surface area (Å²) in [5, 5.41) is 9.04. The largest absolute Gasteiger partial charge is 0.481 e. The molecule has 0 bridgehead atoms. The molecule has 0 atom stereocenters. The van der Waals surface area contributed by atoms with Gasteiger partial charge in [-0.25, -0.2) is 4.98 Å². The van der Waals surface area contributed by atoms with E-state index >= 15 is 0 Å². The number of halogens is 1. The summed E-state index contributed by atoms with van der Waals surface area (Å²) in [6.45, 7) is 0. The number of carboxylic acids is 1. The van der Waals surface area contributed by atoms with Crippen LogP contribution in [0.1, 0.15) is 37.4 Å². The number of aliphatic carboxylic acids is 1. The van der Waals surface area contributed by atoms with Crippen LogP contribution >= 0.6 is 15.9 Å². The predicted octanol–water partition coefficient (Wildman–Crippen LogP) is 3.46. The van der Waals surface area contributed by atoms with Crippen molar-refractivity contribution in [1.29, 1.82) is 0 Å². The summed E-state index contributed by atoms with van der Waals surface area (Å²) < 4.78 is 2.97. The van der Waals surface area contributed by atoms with Crippen LogP contribution in [0.5, 0.6) is 0 Å². The first-order valence-corrected chi connectivity index (χ1v) is 7.31. The quantitative estimate of drug-likeness (QED) is 0.921. The number of imidazole rings is 1. The minimum absolute atomic E-state index is 0.175. The van der Waals surface area contributed by atoms with E-state index in [2.05, 4.69) is 25.3 Å². The van der Waals surface area contributed by atoms with Gasteiger partial charge in [-0.1, -0.05) is 6.07 Å². The Hall–Kier alpha value is -1.36.